The molecular weight excluding hydrogens is 386 g/mol. The van der Waals surface area contributed by atoms with Gasteiger partial charge in [0.2, 0.25) is 0 Å². The standard InChI is InChI=1S/C21H21N5O2S/c1-3-5-14-6-8-15(9-7-14)21(2)19(27)26(20(28)25-21)12-16-13-29-18(24-16)17-22-10-4-11-23-17/h4,6-11,13H,3,5,12H2,1-2H3,(H,25,28). The highest BCUT2D eigenvalue weighted by atomic mass is 32.1. The largest absolute Gasteiger partial charge is 0.325 e. The molecule has 1 fully saturated rings. The SMILES string of the molecule is CCCc1ccc(C2(C)NC(=O)N(Cc3csc(-c4ncccn4)n3)C2=O)cc1. The van der Waals surface area contributed by atoms with Gasteiger partial charge in [-0.1, -0.05) is 37.6 Å². The van der Waals surface area contributed by atoms with Crippen molar-refractivity contribution in [1.82, 2.24) is 25.2 Å². The van der Waals surface area contributed by atoms with E-state index in [1.54, 1.807) is 25.4 Å². The number of carbonyl (C=O) groups is 2. The fourth-order valence-electron chi connectivity index (χ4n) is 3.38. The Morgan fingerprint density at radius 1 is 1.14 bits per heavy atom. The summed E-state index contributed by atoms with van der Waals surface area (Å²) in [4.78, 5) is 39.8. The van der Waals surface area contributed by atoms with Crippen molar-refractivity contribution < 1.29 is 9.59 Å². The summed E-state index contributed by atoms with van der Waals surface area (Å²) >= 11 is 1.39. The quantitative estimate of drug-likeness (QED) is 0.632. The fourth-order valence-corrected chi connectivity index (χ4v) is 4.14. The number of nitrogens with zero attached hydrogens (tertiary/aromatic N) is 4. The number of urea groups is 1. The molecule has 29 heavy (non-hydrogen) atoms. The molecule has 0 bridgehead atoms. The highest BCUT2D eigenvalue weighted by Crippen LogP contribution is 2.30. The molecule has 0 saturated carbocycles. The van der Waals surface area contributed by atoms with Crippen LogP contribution in [0.1, 0.15) is 37.1 Å². The van der Waals surface area contributed by atoms with E-state index in [0.717, 1.165) is 18.4 Å². The zero-order valence-corrected chi connectivity index (χ0v) is 17.1. The summed E-state index contributed by atoms with van der Waals surface area (Å²) in [6.07, 6.45) is 5.35. The van der Waals surface area contributed by atoms with Gasteiger partial charge < -0.3 is 5.32 Å². The summed E-state index contributed by atoms with van der Waals surface area (Å²) < 4.78 is 0. The number of rotatable bonds is 6. The summed E-state index contributed by atoms with van der Waals surface area (Å²) in [7, 11) is 0. The Balaban J connectivity index is 1.53. The average Bonchev–Trinajstić information content (AvgIpc) is 3.29. The number of amides is 3. The second kappa shape index (κ2) is 7.71. The molecule has 1 aromatic carbocycles. The van der Waals surface area contributed by atoms with Crippen molar-refractivity contribution in [3.8, 4) is 10.8 Å². The van der Waals surface area contributed by atoms with Gasteiger partial charge in [0.15, 0.2) is 10.8 Å². The van der Waals surface area contributed by atoms with E-state index >= 15 is 0 Å². The maximum absolute atomic E-state index is 13.1. The number of carbonyl (C=O) groups excluding carboxylic acids is 2. The Bertz CT molecular complexity index is 1030. The summed E-state index contributed by atoms with van der Waals surface area (Å²) in [6, 6.07) is 9.18. The van der Waals surface area contributed by atoms with E-state index in [0.29, 0.717) is 16.5 Å². The Labute approximate surface area is 172 Å². The molecule has 0 radical (unpaired) electrons. The Morgan fingerprint density at radius 3 is 2.55 bits per heavy atom. The molecule has 1 unspecified atom stereocenters. The normalized spacial score (nSPS) is 18.9. The van der Waals surface area contributed by atoms with E-state index in [-0.39, 0.29) is 12.5 Å². The average molecular weight is 407 g/mol. The molecule has 1 atom stereocenters. The van der Waals surface area contributed by atoms with Crippen molar-refractivity contribution in [3.63, 3.8) is 0 Å². The van der Waals surface area contributed by atoms with Crippen LogP contribution < -0.4 is 5.32 Å². The molecule has 7 nitrogen and oxygen atoms in total. The third-order valence-corrected chi connectivity index (χ3v) is 5.86. The number of nitrogens with one attached hydrogen (secondary N) is 1. The molecule has 4 rings (SSSR count). The van der Waals surface area contributed by atoms with Crippen LogP contribution in [0.25, 0.3) is 10.8 Å². The maximum Gasteiger partial charge on any atom is 0.325 e. The minimum Gasteiger partial charge on any atom is -0.319 e. The number of aromatic nitrogens is 3. The lowest BCUT2D eigenvalue weighted by molar-refractivity contribution is -0.131. The first-order valence-corrected chi connectivity index (χ1v) is 10.3. The van der Waals surface area contributed by atoms with Crippen molar-refractivity contribution >= 4 is 23.3 Å². The molecule has 1 aliphatic rings. The van der Waals surface area contributed by atoms with Crippen LogP contribution in [0.15, 0.2) is 48.1 Å². The summed E-state index contributed by atoms with van der Waals surface area (Å²) in [5.41, 5.74) is 1.54. The molecule has 3 heterocycles. The molecule has 3 amide bonds. The van der Waals surface area contributed by atoms with Gasteiger partial charge in [0.25, 0.3) is 5.91 Å². The third-order valence-electron chi connectivity index (χ3n) is 4.97. The first-order chi connectivity index (χ1) is 14.0. The van der Waals surface area contributed by atoms with Crippen LogP contribution in [0.5, 0.6) is 0 Å². The van der Waals surface area contributed by atoms with Crippen LogP contribution in [0.3, 0.4) is 0 Å². The molecule has 3 aromatic rings. The van der Waals surface area contributed by atoms with Gasteiger partial charge in [0.1, 0.15) is 5.54 Å². The number of aryl methyl sites for hydroxylation is 1. The smallest absolute Gasteiger partial charge is 0.319 e. The lowest BCUT2D eigenvalue weighted by atomic mass is 9.91. The molecule has 8 heteroatoms. The highest BCUT2D eigenvalue weighted by Gasteiger charge is 2.49. The number of hydrogen-bond acceptors (Lipinski definition) is 6. The predicted molar refractivity (Wildman–Crippen MR) is 110 cm³/mol. The van der Waals surface area contributed by atoms with Gasteiger partial charge in [0.05, 0.1) is 12.2 Å². The lowest BCUT2D eigenvalue weighted by Gasteiger charge is -2.22. The minimum atomic E-state index is -1.08. The first kappa shape index (κ1) is 19.2. The third kappa shape index (κ3) is 3.63. The number of thiazole rings is 1. The fraction of sp³-hybridized carbons (Fsp3) is 0.286. The van der Waals surface area contributed by atoms with Crippen molar-refractivity contribution in [1.29, 1.82) is 0 Å². The van der Waals surface area contributed by atoms with Crippen LogP contribution in [-0.2, 0) is 23.3 Å². The van der Waals surface area contributed by atoms with Gasteiger partial charge in [-0.3, -0.25) is 9.69 Å². The van der Waals surface area contributed by atoms with E-state index in [1.165, 1.54) is 21.8 Å². The Morgan fingerprint density at radius 2 is 1.86 bits per heavy atom. The number of imide groups is 1. The van der Waals surface area contributed by atoms with Gasteiger partial charge in [0, 0.05) is 17.8 Å². The second-order valence-electron chi connectivity index (χ2n) is 7.11. The van der Waals surface area contributed by atoms with E-state index in [4.69, 9.17) is 0 Å². The number of benzene rings is 1. The molecule has 1 aliphatic heterocycles. The summed E-state index contributed by atoms with van der Waals surface area (Å²) in [5, 5.41) is 5.32. The van der Waals surface area contributed by atoms with Gasteiger partial charge in [-0.25, -0.2) is 19.7 Å². The van der Waals surface area contributed by atoms with Crippen molar-refractivity contribution in [2.45, 2.75) is 38.8 Å². The predicted octanol–water partition coefficient (Wildman–Crippen LogP) is 3.52. The van der Waals surface area contributed by atoms with Crippen LogP contribution in [-0.4, -0.2) is 31.8 Å². The molecule has 148 valence electrons. The minimum absolute atomic E-state index is 0.109. The number of hydrogen-bond donors (Lipinski definition) is 1. The molecule has 1 N–H and O–H groups in total. The van der Waals surface area contributed by atoms with Crippen LogP contribution >= 0.6 is 11.3 Å². The van der Waals surface area contributed by atoms with E-state index in [1.807, 2.05) is 29.6 Å². The van der Waals surface area contributed by atoms with Crippen LogP contribution in [0, 0.1) is 0 Å². The summed E-state index contributed by atoms with van der Waals surface area (Å²) in [5.74, 6) is 0.245. The van der Waals surface area contributed by atoms with Gasteiger partial charge in [-0.2, -0.15) is 0 Å². The molecular formula is C21H21N5O2S. The van der Waals surface area contributed by atoms with E-state index in [2.05, 4.69) is 27.2 Å². The van der Waals surface area contributed by atoms with E-state index in [9.17, 15) is 9.59 Å². The Hall–Kier alpha value is -3.13. The molecule has 2 aromatic heterocycles. The summed E-state index contributed by atoms with van der Waals surface area (Å²) in [6.45, 7) is 3.98. The van der Waals surface area contributed by atoms with Crippen LogP contribution in [0.4, 0.5) is 4.79 Å². The van der Waals surface area contributed by atoms with Crippen molar-refractivity contribution in [2.24, 2.45) is 0 Å². The van der Waals surface area contributed by atoms with Gasteiger partial charge in [-0.15, -0.1) is 11.3 Å². The van der Waals surface area contributed by atoms with Gasteiger partial charge >= 0.3 is 6.03 Å². The monoisotopic (exact) mass is 407 g/mol. The Kier molecular flexibility index (Phi) is 5.10. The second-order valence-corrected chi connectivity index (χ2v) is 7.97. The zero-order chi connectivity index (χ0) is 20.4. The first-order valence-electron chi connectivity index (χ1n) is 9.46. The lowest BCUT2D eigenvalue weighted by Crippen LogP contribution is -2.40. The zero-order valence-electron chi connectivity index (χ0n) is 16.3. The topological polar surface area (TPSA) is 88.1 Å². The highest BCUT2D eigenvalue weighted by molar-refractivity contribution is 7.13. The maximum atomic E-state index is 13.1. The molecule has 0 spiro atoms. The van der Waals surface area contributed by atoms with Crippen molar-refractivity contribution in [3.05, 3.63) is 64.9 Å². The molecule has 0 aliphatic carbocycles. The molecule has 1 saturated heterocycles. The van der Waals surface area contributed by atoms with Crippen molar-refractivity contribution in [2.75, 3.05) is 0 Å². The van der Waals surface area contributed by atoms with Gasteiger partial charge in [-0.05, 0) is 30.5 Å². The van der Waals surface area contributed by atoms with Crippen LogP contribution in [0.2, 0.25) is 0 Å². The van der Waals surface area contributed by atoms with E-state index < -0.39 is 11.6 Å².